The summed E-state index contributed by atoms with van der Waals surface area (Å²) in [4.78, 5) is 0. The van der Waals surface area contributed by atoms with Gasteiger partial charge in [0, 0.05) is 42.0 Å². The molecule has 1 aliphatic carbocycles. The van der Waals surface area contributed by atoms with Gasteiger partial charge in [-0.15, -0.1) is 11.3 Å². The summed E-state index contributed by atoms with van der Waals surface area (Å²) in [6.45, 7) is 0. The number of hydrogen-bond acceptors (Lipinski definition) is 1. The summed E-state index contributed by atoms with van der Waals surface area (Å²) in [5.41, 5.74) is 11.5. The van der Waals surface area contributed by atoms with Crippen LogP contribution in [0.5, 0.6) is 0 Å². The molecular weight excluding hydrogens is 575 g/mol. The van der Waals surface area contributed by atoms with Crippen LogP contribution in [0, 0.1) is 0 Å². The van der Waals surface area contributed by atoms with E-state index < -0.39 is 0 Å². The molecule has 1 aliphatic rings. The Kier molecular flexibility index (Phi) is 4.78. The molecule has 0 unspecified atom stereocenters. The highest BCUT2D eigenvalue weighted by Crippen LogP contribution is 2.50. The van der Waals surface area contributed by atoms with Gasteiger partial charge in [0.15, 0.2) is 0 Å². The van der Waals surface area contributed by atoms with Gasteiger partial charge in [0.05, 0.1) is 11.0 Å². The van der Waals surface area contributed by atoms with Crippen molar-refractivity contribution in [3.05, 3.63) is 152 Å². The molecule has 46 heavy (non-hydrogen) atoms. The molecule has 2 aromatic heterocycles. The minimum atomic E-state index is 1.18. The van der Waals surface area contributed by atoms with Crippen LogP contribution in [0.1, 0.15) is 0 Å². The number of rotatable bonds is 2. The van der Waals surface area contributed by atoms with E-state index in [1.54, 1.807) is 0 Å². The summed E-state index contributed by atoms with van der Waals surface area (Å²) >= 11 is 1.92. The molecule has 0 atom stereocenters. The Bertz CT molecular complexity index is 2890. The fourth-order valence-corrected chi connectivity index (χ4v) is 9.54. The fourth-order valence-electron chi connectivity index (χ4n) is 8.26. The molecule has 212 valence electrons. The summed E-state index contributed by atoms with van der Waals surface area (Å²) in [5.74, 6) is 0. The van der Waals surface area contributed by atoms with Gasteiger partial charge in [-0.2, -0.15) is 0 Å². The number of para-hydroxylation sites is 1. The Labute approximate surface area is 269 Å². The van der Waals surface area contributed by atoms with Gasteiger partial charge >= 0.3 is 0 Å². The van der Waals surface area contributed by atoms with E-state index in [1.807, 2.05) is 11.3 Å². The Morgan fingerprint density at radius 2 is 1.02 bits per heavy atom. The van der Waals surface area contributed by atoms with Crippen LogP contribution in [0.4, 0.5) is 0 Å². The van der Waals surface area contributed by atoms with E-state index in [0.717, 1.165) is 0 Å². The molecule has 2 heterocycles. The lowest BCUT2D eigenvalue weighted by Gasteiger charge is -2.14. The largest absolute Gasteiger partial charge is 0.309 e. The monoisotopic (exact) mass is 599 g/mol. The van der Waals surface area contributed by atoms with Crippen LogP contribution in [0.25, 0.3) is 103 Å². The van der Waals surface area contributed by atoms with Crippen molar-refractivity contribution in [3.8, 4) is 39.1 Å². The third-order valence-electron chi connectivity index (χ3n) is 10.1. The molecule has 1 nitrogen and oxygen atoms in total. The van der Waals surface area contributed by atoms with Crippen molar-refractivity contribution < 1.29 is 0 Å². The van der Waals surface area contributed by atoms with E-state index in [-0.39, 0.29) is 0 Å². The maximum Gasteiger partial charge on any atom is 0.0634 e. The van der Waals surface area contributed by atoms with Gasteiger partial charge in [0.2, 0.25) is 0 Å². The standard InChI is InChI=1S/C44H25NS/c1-2-14-30-29(13-1)32-20-10-19-31-28(23-24-34(30)40(31)32)26-11-9-12-27(25-26)45-38-21-7-5-17-36(38)42-43(45)35-16-4-3-15-33(35)41-37-18-6-8-22-39(37)46-44(41)42/h1-25H. The first-order chi connectivity index (χ1) is 22.8. The molecular formula is C44H25NS. The Hall–Kier alpha value is -5.70. The molecule has 0 spiro atoms. The normalized spacial score (nSPS) is 12.3. The van der Waals surface area contributed by atoms with E-state index >= 15 is 0 Å². The van der Waals surface area contributed by atoms with Crippen molar-refractivity contribution in [2.45, 2.75) is 0 Å². The summed E-state index contributed by atoms with van der Waals surface area (Å²) in [7, 11) is 0. The lowest BCUT2D eigenvalue weighted by Crippen LogP contribution is -1.95. The second kappa shape index (κ2) is 8.94. The smallest absolute Gasteiger partial charge is 0.0634 e. The predicted octanol–water partition coefficient (Wildman–Crippen LogP) is 12.8. The molecule has 10 aromatic rings. The molecule has 0 N–H and O–H groups in total. The highest BCUT2D eigenvalue weighted by Gasteiger charge is 2.24. The summed E-state index contributed by atoms with van der Waals surface area (Å²) in [5, 5.41) is 10.6. The van der Waals surface area contributed by atoms with E-state index in [0.29, 0.717) is 0 Å². The third-order valence-corrected chi connectivity index (χ3v) is 11.3. The molecule has 0 aliphatic heterocycles. The van der Waals surface area contributed by atoms with Gasteiger partial charge in [-0.1, -0.05) is 127 Å². The molecule has 0 amide bonds. The number of hydrogen-bond donors (Lipinski definition) is 0. The van der Waals surface area contributed by atoms with Crippen molar-refractivity contribution >= 4 is 74.9 Å². The summed E-state index contributed by atoms with van der Waals surface area (Å²) in [6, 6.07) is 56.2. The molecule has 0 fully saturated rings. The third kappa shape index (κ3) is 3.09. The van der Waals surface area contributed by atoms with Crippen molar-refractivity contribution in [2.24, 2.45) is 0 Å². The number of nitrogens with zero attached hydrogens (tertiary/aromatic N) is 1. The van der Waals surface area contributed by atoms with Crippen molar-refractivity contribution in [3.63, 3.8) is 0 Å². The van der Waals surface area contributed by atoms with Crippen LogP contribution in [-0.2, 0) is 0 Å². The number of aromatic nitrogens is 1. The average Bonchev–Trinajstić information content (AvgIpc) is 3.78. The molecule has 0 radical (unpaired) electrons. The van der Waals surface area contributed by atoms with Crippen LogP contribution in [-0.4, -0.2) is 4.57 Å². The van der Waals surface area contributed by atoms with Crippen LogP contribution in [0.3, 0.4) is 0 Å². The highest BCUT2D eigenvalue weighted by atomic mass is 32.1. The zero-order chi connectivity index (χ0) is 29.9. The number of benzene rings is 8. The molecule has 0 bridgehead atoms. The molecule has 0 saturated carbocycles. The van der Waals surface area contributed by atoms with Crippen LogP contribution in [0.2, 0.25) is 0 Å². The Balaban J connectivity index is 1.23. The van der Waals surface area contributed by atoms with Gasteiger partial charge in [0.25, 0.3) is 0 Å². The summed E-state index contributed by atoms with van der Waals surface area (Å²) < 4.78 is 5.22. The van der Waals surface area contributed by atoms with Crippen LogP contribution >= 0.6 is 11.3 Å². The van der Waals surface area contributed by atoms with Gasteiger partial charge in [-0.25, -0.2) is 0 Å². The molecule has 0 saturated heterocycles. The van der Waals surface area contributed by atoms with Crippen LogP contribution < -0.4 is 0 Å². The van der Waals surface area contributed by atoms with E-state index in [1.165, 1.54) is 103 Å². The first-order valence-electron chi connectivity index (χ1n) is 15.9. The first kappa shape index (κ1) is 24.6. The van der Waals surface area contributed by atoms with Gasteiger partial charge < -0.3 is 4.57 Å². The second-order valence-corrected chi connectivity index (χ2v) is 13.5. The number of thiophene rings is 1. The quantitative estimate of drug-likeness (QED) is 0.186. The van der Waals surface area contributed by atoms with E-state index in [2.05, 4.69) is 156 Å². The zero-order valence-electron chi connectivity index (χ0n) is 24.8. The Morgan fingerprint density at radius 3 is 1.89 bits per heavy atom. The predicted molar refractivity (Wildman–Crippen MR) is 199 cm³/mol. The molecule has 2 heteroatoms. The zero-order valence-corrected chi connectivity index (χ0v) is 25.6. The molecule has 8 aromatic carbocycles. The first-order valence-corrected chi connectivity index (χ1v) is 16.7. The van der Waals surface area contributed by atoms with Crippen LogP contribution in [0.15, 0.2) is 152 Å². The minimum Gasteiger partial charge on any atom is -0.309 e. The summed E-state index contributed by atoms with van der Waals surface area (Å²) in [6.07, 6.45) is 0. The lowest BCUT2D eigenvalue weighted by atomic mass is 9.94. The maximum atomic E-state index is 2.51. The Morgan fingerprint density at radius 1 is 0.391 bits per heavy atom. The topological polar surface area (TPSA) is 4.93 Å². The highest BCUT2D eigenvalue weighted by molar-refractivity contribution is 7.27. The van der Waals surface area contributed by atoms with Gasteiger partial charge in [-0.05, 0) is 73.8 Å². The van der Waals surface area contributed by atoms with Crippen molar-refractivity contribution in [2.75, 3.05) is 0 Å². The van der Waals surface area contributed by atoms with E-state index in [4.69, 9.17) is 0 Å². The van der Waals surface area contributed by atoms with Crippen molar-refractivity contribution in [1.82, 2.24) is 4.57 Å². The average molecular weight is 600 g/mol. The fraction of sp³-hybridized carbons (Fsp3) is 0. The molecule has 11 rings (SSSR count). The number of fused-ring (bicyclic) bond motifs is 13. The lowest BCUT2D eigenvalue weighted by molar-refractivity contribution is 1.19. The minimum absolute atomic E-state index is 1.18. The SMILES string of the molecule is c1cc(-c2ccc3c4c(cccc24)-c2ccccc2-3)cc(-n2c3ccccc3c3c4sc5ccccc5c4c4ccccc4c32)c1. The second-order valence-electron chi connectivity index (χ2n) is 12.4. The van der Waals surface area contributed by atoms with Crippen molar-refractivity contribution in [1.29, 1.82) is 0 Å². The van der Waals surface area contributed by atoms with Gasteiger partial charge in [0.1, 0.15) is 0 Å². The van der Waals surface area contributed by atoms with E-state index in [9.17, 15) is 0 Å². The van der Waals surface area contributed by atoms with Gasteiger partial charge in [-0.3, -0.25) is 0 Å². The maximum absolute atomic E-state index is 2.51.